The number of hydrogen-bond acceptors (Lipinski definition) is 2. The van der Waals surface area contributed by atoms with Gasteiger partial charge in [-0.25, -0.2) is 0 Å². The van der Waals surface area contributed by atoms with Crippen LogP contribution < -0.4 is 10.5 Å². The number of ether oxygens (including phenoxy) is 1. The molecule has 1 rings (SSSR count). The van der Waals surface area contributed by atoms with Crippen LogP contribution in [0.5, 0.6) is 5.75 Å². The van der Waals surface area contributed by atoms with Crippen molar-refractivity contribution < 1.29 is 17.9 Å². The van der Waals surface area contributed by atoms with Crippen molar-refractivity contribution in [3.05, 3.63) is 24.3 Å². The zero-order valence-electron chi connectivity index (χ0n) is 7.34. The summed E-state index contributed by atoms with van der Waals surface area (Å²) in [5.41, 5.74) is 5.94. The minimum absolute atomic E-state index is 0.368. The number of alkyl halides is 3. The van der Waals surface area contributed by atoms with Crippen molar-refractivity contribution >= 4 is 5.69 Å². The van der Waals surface area contributed by atoms with Crippen molar-refractivity contribution in [1.82, 2.24) is 0 Å². The van der Waals surface area contributed by atoms with Gasteiger partial charge in [-0.3, -0.25) is 0 Å². The topological polar surface area (TPSA) is 35.2 Å². The molecule has 2 nitrogen and oxygen atoms in total. The van der Waals surface area contributed by atoms with Crippen LogP contribution in [-0.4, -0.2) is 12.8 Å². The predicted octanol–water partition coefficient (Wildman–Crippen LogP) is 2.60. The van der Waals surface area contributed by atoms with E-state index in [0.717, 1.165) is 0 Å². The monoisotopic (exact) mass is 205 g/mol. The summed E-state index contributed by atoms with van der Waals surface area (Å²) in [5, 5.41) is 0. The number of rotatable bonds is 3. The van der Waals surface area contributed by atoms with Gasteiger partial charge >= 0.3 is 6.18 Å². The van der Waals surface area contributed by atoms with Gasteiger partial charge in [0.2, 0.25) is 0 Å². The average Bonchev–Trinajstić information content (AvgIpc) is 2.06. The first-order chi connectivity index (χ1) is 6.47. The number of nitrogens with two attached hydrogens (primary N) is 1. The highest BCUT2D eigenvalue weighted by atomic mass is 19.4. The summed E-state index contributed by atoms with van der Waals surface area (Å²) in [6.45, 7) is -0.368. The fraction of sp³-hybridized carbons (Fsp3) is 0.333. The van der Waals surface area contributed by atoms with Crippen LogP contribution in [0.1, 0.15) is 6.42 Å². The highest BCUT2D eigenvalue weighted by Crippen LogP contribution is 2.20. The molecule has 0 bridgehead atoms. The zero-order chi connectivity index (χ0) is 10.6. The third-order valence-corrected chi connectivity index (χ3v) is 1.53. The molecule has 0 radical (unpaired) electrons. The maximum Gasteiger partial charge on any atom is 0.392 e. The van der Waals surface area contributed by atoms with Crippen molar-refractivity contribution in [3.8, 4) is 5.75 Å². The van der Waals surface area contributed by atoms with Gasteiger partial charge < -0.3 is 10.5 Å². The zero-order valence-corrected chi connectivity index (χ0v) is 7.34. The second kappa shape index (κ2) is 4.21. The minimum atomic E-state index is -4.17. The Hall–Kier alpha value is -1.39. The summed E-state index contributed by atoms with van der Waals surface area (Å²) in [6.07, 6.45) is -5.12. The van der Waals surface area contributed by atoms with E-state index in [-0.39, 0.29) is 6.61 Å². The van der Waals surface area contributed by atoms with E-state index in [4.69, 9.17) is 10.5 Å². The SMILES string of the molecule is Nc1ccc(OCCC(F)(F)F)cc1. The summed E-state index contributed by atoms with van der Waals surface area (Å²) < 4.78 is 40.0. The van der Waals surface area contributed by atoms with Crippen molar-refractivity contribution in [2.24, 2.45) is 0 Å². The molecule has 0 aliphatic carbocycles. The Bertz CT molecular complexity index is 281. The van der Waals surface area contributed by atoms with E-state index in [1.54, 1.807) is 12.1 Å². The molecule has 1 aromatic carbocycles. The maximum absolute atomic E-state index is 11.7. The first kappa shape index (κ1) is 10.7. The lowest BCUT2D eigenvalue weighted by Gasteiger charge is -2.08. The van der Waals surface area contributed by atoms with Crippen molar-refractivity contribution in [2.75, 3.05) is 12.3 Å². The van der Waals surface area contributed by atoms with Gasteiger partial charge in [0, 0.05) is 5.69 Å². The summed E-state index contributed by atoms with van der Waals surface area (Å²) >= 11 is 0. The second-order valence-corrected chi connectivity index (χ2v) is 2.78. The Kier molecular flexibility index (Phi) is 3.22. The molecule has 0 atom stereocenters. The second-order valence-electron chi connectivity index (χ2n) is 2.78. The van der Waals surface area contributed by atoms with Crippen LogP contribution in [0.4, 0.5) is 18.9 Å². The molecule has 78 valence electrons. The number of halogens is 3. The quantitative estimate of drug-likeness (QED) is 0.770. The molecule has 0 amide bonds. The van der Waals surface area contributed by atoms with E-state index in [0.29, 0.717) is 11.4 Å². The molecular formula is C9H10F3NO. The third-order valence-electron chi connectivity index (χ3n) is 1.53. The number of benzene rings is 1. The van der Waals surface area contributed by atoms with Gasteiger partial charge in [0.05, 0.1) is 13.0 Å². The molecule has 0 spiro atoms. The molecule has 0 fully saturated rings. The number of nitrogen functional groups attached to an aromatic ring is 1. The molecule has 0 aromatic heterocycles. The molecule has 14 heavy (non-hydrogen) atoms. The lowest BCUT2D eigenvalue weighted by Crippen LogP contribution is -2.12. The first-order valence-corrected chi connectivity index (χ1v) is 4.02. The normalized spacial score (nSPS) is 11.4. The van der Waals surface area contributed by atoms with Crippen LogP contribution in [0.25, 0.3) is 0 Å². The van der Waals surface area contributed by atoms with E-state index in [1.807, 2.05) is 0 Å². The lowest BCUT2D eigenvalue weighted by atomic mass is 10.3. The van der Waals surface area contributed by atoms with Crippen LogP contribution in [0.15, 0.2) is 24.3 Å². The summed E-state index contributed by atoms with van der Waals surface area (Å²) in [6, 6.07) is 6.21. The Morgan fingerprint density at radius 3 is 2.21 bits per heavy atom. The van der Waals surface area contributed by atoms with Gasteiger partial charge in [-0.05, 0) is 24.3 Å². The van der Waals surface area contributed by atoms with Gasteiger partial charge in [0.15, 0.2) is 0 Å². The van der Waals surface area contributed by atoms with Crippen molar-refractivity contribution in [1.29, 1.82) is 0 Å². The smallest absolute Gasteiger partial charge is 0.392 e. The fourth-order valence-corrected chi connectivity index (χ4v) is 0.849. The lowest BCUT2D eigenvalue weighted by molar-refractivity contribution is -0.139. The summed E-state index contributed by atoms with van der Waals surface area (Å²) in [7, 11) is 0. The molecule has 0 unspecified atom stereocenters. The molecular weight excluding hydrogens is 195 g/mol. The van der Waals surface area contributed by atoms with Crippen LogP contribution >= 0.6 is 0 Å². The van der Waals surface area contributed by atoms with E-state index in [9.17, 15) is 13.2 Å². The average molecular weight is 205 g/mol. The first-order valence-electron chi connectivity index (χ1n) is 4.02. The number of hydrogen-bond donors (Lipinski definition) is 1. The van der Waals surface area contributed by atoms with Gasteiger partial charge in [-0.2, -0.15) is 13.2 Å². The van der Waals surface area contributed by atoms with E-state index in [1.165, 1.54) is 12.1 Å². The van der Waals surface area contributed by atoms with Crippen molar-refractivity contribution in [2.45, 2.75) is 12.6 Å². The molecule has 0 saturated heterocycles. The molecule has 0 heterocycles. The van der Waals surface area contributed by atoms with E-state index >= 15 is 0 Å². The molecule has 0 aliphatic heterocycles. The highest BCUT2D eigenvalue weighted by molar-refractivity contribution is 5.41. The van der Waals surface area contributed by atoms with Crippen LogP contribution in [0.2, 0.25) is 0 Å². The maximum atomic E-state index is 11.7. The molecule has 5 heteroatoms. The Balaban J connectivity index is 2.35. The Morgan fingerprint density at radius 1 is 1.14 bits per heavy atom. The van der Waals surface area contributed by atoms with E-state index in [2.05, 4.69) is 0 Å². The molecule has 1 aromatic rings. The van der Waals surface area contributed by atoms with Crippen LogP contribution in [-0.2, 0) is 0 Å². The van der Waals surface area contributed by atoms with Gasteiger partial charge in [-0.15, -0.1) is 0 Å². The third kappa shape index (κ3) is 4.02. The van der Waals surface area contributed by atoms with Gasteiger partial charge in [0.25, 0.3) is 0 Å². The van der Waals surface area contributed by atoms with Gasteiger partial charge in [0.1, 0.15) is 5.75 Å². The predicted molar refractivity (Wildman–Crippen MR) is 47.0 cm³/mol. The van der Waals surface area contributed by atoms with Gasteiger partial charge in [-0.1, -0.05) is 0 Å². The molecule has 0 aliphatic rings. The minimum Gasteiger partial charge on any atom is -0.493 e. The highest BCUT2D eigenvalue weighted by Gasteiger charge is 2.26. The largest absolute Gasteiger partial charge is 0.493 e. The Morgan fingerprint density at radius 2 is 1.71 bits per heavy atom. The van der Waals surface area contributed by atoms with Crippen molar-refractivity contribution in [3.63, 3.8) is 0 Å². The fourth-order valence-electron chi connectivity index (χ4n) is 0.849. The van der Waals surface area contributed by atoms with Crippen LogP contribution in [0.3, 0.4) is 0 Å². The standard InChI is InChI=1S/C9H10F3NO/c10-9(11,12)5-6-14-8-3-1-7(13)2-4-8/h1-4H,5-6,13H2. The Labute approximate surface area is 79.5 Å². The summed E-state index contributed by atoms with van der Waals surface area (Å²) in [5.74, 6) is 0.392. The van der Waals surface area contributed by atoms with Crippen LogP contribution in [0, 0.1) is 0 Å². The number of anilines is 1. The molecule has 0 saturated carbocycles. The molecule has 2 N–H and O–H groups in total. The van der Waals surface area contributed by atoms with E-state index < -0.39 is 12.6 Å². The summed E-state index contributed by atoms with van der Waals surface area (Å²) in [4.78, 5) is 0.